The highest BCUT2D eigenvalue weighted by atomic mass is 35.5. The van der Waals surface area contributed by atoms with Crippen molar-refractivity contribution in [1.82, 2.24) is 0 Å². The number of unbranched alkanes of at least 4 members (excludes halogenated alkanes) is 12. The summed E-state index contributed by atoms with van der Waals surface area (Å²) in [5.41, 5.74) is 10.7. The topological polar surface area (TPSA) is 92.2 Å². The van der Waals surface area contributed by atoms with Gasteiger partial charge in [0, 0.05) is 18.8 Å². The molecule has 0 aromatic heterocycles. The normalized spacial score (nSPS) is 11.0. The summed E-state index contributed by atoms with van der Waals surface area (Å²) in [6.07, 6.45) is 19.2. The molecule has 0 saturated carbocycles. The van der Waals surface area contributed by atoms with E-state index in [0.717, 1.165) is 47.7 Å². The molecule has 0 radical (unpaired) electrons. The fourth-order valence-corrected chi connectivity index (χ4v) is 3.42. The third-order valence-corrected chi connectivity index (χ3v) is 5.55. The van der Waals surface area contributed by atoms with Gasteiger partial charge in [-0.3, -0.25) is 0 Å². The minimum absolute atomic E-state index is 0. The molecule has 4 N–H and O–H groups in total. The number of carbonyl (C=O) groups is 1. The summed E-state index contributed by atoms with van der Waals surface area (Å²) < 4.78 is 2.05. The summed E-state index contributed by atoms with van der Waals surface area (Å²) in [6, 6.07) is 0. The molecule has 216 valence electrons. The largest absolute Gasteiger partial charge is 1.00 e. The lowest BCUT2D eigenvalue weighted by Crippen LogP contribution is -3.00. The number of carboxylic acid groups (broad SMARTS) is 1. The zero-order valence-corrected chi connectivity index (χ0v) is 25.6. The molecule has 0 unspecified atom stereocenters. The number of rotatable bonds is 20. The number of hydrogen-bond donors (Lipinski definition) is 2. The van der Waals surface area contributed by atoms with Crippen molar-refractivity contribution in [3.05, 3.63) is 0 Å². The number of carbonyl (C=O) groups excluding carboxylic acids is 1. The van der Waals surface area contributed by atoms with E-state index in [9.17, 15) is 9.90 Å². The average molecular weight is 525 g/mol. The maximum absolute atomic E-state index is 10.2. The lowest BCUT2D eigenvalue weighted by atomic mass is 10.0. The minimum Gasteiger partial charge on any atom is -1.00 e. The molecule has 6 nitrogen and oxygen atoms in total. The van der Waals surface area contributed by atoms with Gasteiger partial charge in [-0.1, -0.05) is 84.0 Å². The van der Waals surface area contributed by atoms with Crippen molar-refractivity contribution in [3.63, 3.8) is 0 Å². The number of halogens is 1. The zero-order valence-electron chi connectivity index (χ0n) is 24.9. The highest BCUT2D eigenvalue weighted by Crippen LogP contribution is 2.12. The highest BCUT2D eigenvalue weighted by Gasteiger charge is 2.03. The van der Waals surface area contributed by atoms with E-state index < -0.39 is 5.97 Å². The summed E-state index contributed by atoms with van der Waals surface area (Å²) in [5.74, 6) is -0.905. The summed E-state index contributed by atoms with van der Waals surface area (Å²) >= 11 is 0. The van der Waals surface area contributed by atoms with Gasteiger partial charge in [-0.2, -0.15) is 0 Å². The van der Waals surface area contributed by atoms with Crippen LogP contribution in [0.25, 0.3) is 0 Å². The van der Waals surface area contributed by atoms with Crippen LogP contribution in [0.5, 0.6) is 0 Å². The van der Waals surface area contributed by atoms with Crippen LogP contribution in [0.15, 0.2) is 0 Å². The zero-order chi connectivity index (χ0) is 26.7. The number of quaternary nitrogens is 2. The molecule has 0 bridgehead atoms. The summed E-state index contributed by atoms with van der Waals surface area (Å²) in [6.45, 7) is 6.24. The van der Waals surface area contributed by atoms with Crippen molar-refractivity contribution in [2.45, 2.75) is 110 Å². The molecule has 0 fully saturated rings. The Labute approximate surface area is 226 Å². The lowest BCUT2D eigenvalue weighted by molar-refractivity contribution is -0.870. The van der Waals surface area contributed by atoms with Gasteiger partial charge in [0.05, 0.1) is 55.4 Å². The summed E-state index contributed by atoms with van der Waals surface area (Å²) in [4.78, 5) is 10.2. The number of aliphatic carboxylic acids is 1. The Kier molecular flexibility index (Phi) is 35.6. The standard InChI is InChI=1S/C16H32O2.2C6H17N2.ClH/c1-2-3-4-5-6-7-8-9-10-11-12-13-14-15-16(17)18;2*1-8(2,3)6-4-5-7;/h2-15H2,1H3,(H,17,18);2*4-7H2,1-3H3;1H/q;2*+1;/p-2. The maximum atomic E-state index is 10.2. The Bertz CT molecular complexity index is 393. The van der Waals surface area contributed by atoms with E-state index in [1.165, 1.54) is 83.7 Å². The van der Waals surface area contributed by atoms with E-state index >= 15 is 0 Å². The average Bonchev–Trinajstić information content (AvgIpc) is 2.74. The van der Waals surface area contributed by atoms with Crippen LogP contribution in [-0.4, -0.2) is 83.4 Å². The van der Waals surface area contributed by atoms with Gasteiger partial charge in [-0.05, 0) is 25.9 Å². The molecule has 0 aliphatic rings. The van der Waals surface area contributed by atoms with E-state index in [1.54, 1.807) is 0 Å². The van der Waals surface area contributed by atoms with Crippen LogP contribution < -0.4 is 29.0 Å². The van der Waals surface area contributed by atoms with Gasteiger partial charge in [0.25, 0.3) is 0 Å². The molecule has 0 heterocycles. The monoisotopic (exact) mass is 524 g/mol. The molecule has 0 rings (SSSR count). The van der Waals surface area contributed by atoms with Gasteiger partial charge in [0.15, 0.2) is 0 Å². The first kappa shape index (κ1) is 41.7. The van der Waals surface area contributed by atoms with Crippen molar-refractivity contribution in [1.29, 1.82) is 0 Å². The number of hydrogen-bond acceptors (Lipinski definition) is 4. The maximum Gasteiger partial charge on any atom is 0.0792 e. The predicted molar refractivity (Wildman–Crippen MR) is 148 cm³/mol. The van der Waals surface area contributed by atoms with Gasteiger partial charge >= 0.3 is 0 Å². The Hall–Kier alpha value is -0.400. The van der Waals surface area contributed by atoms with Crippen molar-refractivity contribution in [2.75, 3.05) is 68.5 Å². The van der Waals surface area contributed by atoms with Crippen molar-refractivity contribution in [2.24, 2.45) is 11.5 Å². The molecule has 35 heavy (non-hydrogen) atoms. The molecule has 0 amide bonds. The highest BCUT2D eigenvalue weighted by molar-refractivity contribution is 5.63. The lowest BCUT2D eigenvalue weighted by Gasteiger charge is -2.23. The first-order chi connectivity index (χ1) is 15.9. The van der Waals surface area contributed by atoms with E-state index in [4.69, 9.17) is 11.5 Å². The van der Waals surface area contributed by atoms with Crippen LogP contribution in [0.4, 0.5) is 0 Å². The fraction of sp³-hybridized carbons (Fsp3) is 0.964. The Morgan fingerprint density at radius 3 is 1.06 bits per heavy atom. The van der Waals surface area contributed by atoms with Crippen LogP contribution in [0, 0.1) is 0 Å². The molecule has 0 aromatic carbocycles. The molecule has 0 aliphatic heterocycles. The number of nitrogens with zero attached hydrogens (tertiary/aromatic N) is 2. The SMILES string of the molecule is CCCCCCCCCCCCCCCC(=O)[O-].C[N+](C)(C)CCCN.C[N+](C)(C)CCCN.[Cl-]. The predicted octanol–water partition coefficient (Wildman–Crippen LogP) is 1.30. The van der Waals surface area contributed by atoms with Gasteiger partial charge < -0.3 is 42.7 Å². The number of carboxylic acids is 1. The van der Waals surface area contributed by atoms with Crippen LogP contribution in [0.3, 0.4) is 0 Å². The van der Waals surface area contributed by atoms with Crippen LogP contribution >= 0.6 is 0 Å². The molecule has 0 aromatic rings. The molecular formula is C28H65ClN4O2. The molecule has 0 aliphatic carbocycles. The third kappa shape index (κ3) is 55.4. The van der Waals surface area contributed by atoms with E-state index in [2.05, 4.69) is 49.2 Å². The van der Waals surface area contributed by atoms with Gasteiger partial charge in [-0.25, -0.2) is 0 Å². The van der Waals surface area contributed by atoms with Crippen molar-refractivity contribution < 1.29 is 31.3 Å². The number of nitrogens with two attached hydrogens (primary N) is 2. The van der Waals surface area contributed by atoms with Gasteiger partial charge in [0.2, 0.25) is 0 Å². The first-order valence-electron chi connectivity index (χ1n) is 14.1. The Morgan fingerprint density at radius 1 is 0.571 bits per heavy atom. The van der Waals surface area contributed by atoms with Crippen molar-refractivity contribution >= 4 is 5.97 Å². The fourth-order valence-electron chi connectivity index (χ4n) is 3.42. The van der Waals surface area contributed by atoms with E-state index in [1.807, 2.05) is 0 Å². The van der Waals surface area contributed by atoms with E-state index in [0.29, 0.717) is 0 Å². The third-order valence-electron chi connectivity index (χ3n) is 5.55. The molecule has 7 heteroatoms. The molecule has 0 saturated heterocycles. The van der Waals surface area contributed by atoms with Crippen LogP contribution in [-0.2, 0) is 4.79 Å². The summed E-state index contributed by atoms with van der Waals surface area (Å²) in [7, 11) is 13.1. The molecule has 0 atom stereocenters. The van der Waals surface area contributed by atoms with Crippen LogP contribution in [0.2, 0.25) is 0 Å². The second-order valence-corrected chi connectivity index (χ2v) is 11.7. The smallest absolute Gasteiger partial charge is 0.0792 e. The first-order valence-corrected chi connectivity index (χ1v) is 14.1. The second kappa shape index (κ2) is 29.8. The van der Waals surface area contributed by atoms with E-state index in [-0.39, 0.29) is 18.8 Å². The minimum atomic E-state index is -0.905. The summed E-state index contributed by atoms with van der Waals surface area (Å²) in [5, 5.41) is 10.2. The second-order valence-electron chi connectivity index (χ2n) is 11.7. The van der Waals surface area contributed by atoms with Crippen molar-refractivity contribution in [3.8, 4) is 0 Å². The quantitative estimate of drug-likeness (QED) is 0.185. The van der Waals surface area contributed by atoms with Gasteiger partial charge in [-0.15, -0.1) is 0 Å². The molecule has 0 spiro atoms. The Morgan fingerprint density at radius 2 is 0.857 bits per heavy atom. The Balaban J connectivity index is -0.000000235. The van der Waals surface area contributed by atoms with Gasteiger partial charge in [0.1, 0.15) is 0 Å². The van der Waals surface area contributed by atoms with Crippen LogP contribution in [0.1, 0.15) is 110 Å². The molecular weight excluding hydrogens is 460 g/mol.